The maximum absolute atomic E-state index is 5.86. The fourth-order valence-electron chi connectivity index (χ4n) is 3.33. The van der Waals surface area contributed by atoms with Crippen molar-refractivity contribution in [1.82, 2.24) is 19.5 Å². The lowest BCUT2D eigenvalue weighted by Gasteiger charge is -2.40. The van der Waals surface area contributed by atoms with E-state index in [1.165, 1.54) is 24.2 Å². The minimum atomic E-state index is 0.442. The summed E-state index contributed by atoms with van der Waals surface area (Å²) < 4.78 is 2.44. The van der Waals surface area contributed by atoms with E-state index in [9.17, 15) is 0 Å². The van der Waals surface area contributed by atoms with Gasteiger partial charge in [-0.3, -0.25) is 0 Å². The van der Waals surface area contributed by atoms with E-state index in [0.717, 1.165) is 24.6 Å². The fraction of sp³-hybridized carbons (Fsp3) is 0.353. The van der Waals surface area contributed by atoms with Gasteiger partial charge in [-0.15, -0.1) is 0 Å². The third-order valence-electron chi connectivity index (χ3n) is 4.68. The zero-order valence-electron chi connectivity index (χ0n) is 12.6. The summed E-state index contributed by atoms with van der Waals surface area (Å²) in [4.78, 5) is 15.7. The van der Waals surface area contributed by atoms with Crippen molar-refractivity contribution in [2.75, 3.05) is 18.0 Å². The monoisotopic (exact) mass is 325 g/mol. The molecule has 2 aliphatic rings. The number of anilines is 1. The van der Waals surface area contributed by atoms with Crippen LogP contribution in [0.2, 0.25) is 5.02 Å². The Kier molecular flexibility index (Phi) is 2.85. The van der Waals surface area contributed by atoms with Crippen molar-refractivity contribution in [3.63, 3.8) is 0 Å². The molecule has 6 heteroatoms. The summed E-state index contributed by atoms with van der Waals surface area (Å²) in [5, 5.41) is 0.572. The van der Waals surface area contributed by atoms with Crippen LogP contribution in [0.25, 0.3) is 11.0 Å². The van der Waals surface area contributed by atoms with Crippen molar-refractivity contribution in [3.8, 4) is 0 Å². The number of fused-ring (bicyclic) bond motifs is 1. The standard InChI is InChI=1S/C17H16ClN5/c18-12-7-19-17(20-8-12)22-9-13(10-22)23-15-4-2-1-3-14(15)21-16(23)11-5-6-11/h1-4,7-8,11,13H,5-6,9-10H2. The maximum atomic E-state index is 5.86. The molecule has 2 fully saturated rings. The molecule has 5 nitrogen and oxygen atoms in total. The Hall–Kier alpha value is -2.14. The number of rotatable bonds is 3. The van der Waals surface area contributed by atoms with Gasteiger partial charge in [0.2, 0.25) is 5.95 Å². The van der Waals surface area contributed by atoms with E-state index in [1.54, 1.807) is 12.4 Å². The van der Waals surface area contributed by atoms with Crippen LogP contribution in [0.4, 0.5) is 5.95 Å². The van der Waals surface area contributed by atoms with Crippen LogP contribution in [-0.2, 0) is 0 Å². The molecular formula is C17H16ClN5. The van der Waals surface area contributed by atoms with Gasteiger partial charge in [-0.1, -0.05) is 23.7 Å². The predicted molar refractivity (Wildman–Crippen MR) is 90.0 cm³/mol. The normalized spacial score (nSPS) is 18.4. The van der Waals surface area contributed by atoms with Crippen LogP contribution < -0.4 is 4.90 Å². The highest BCUT2D eigenvalue weighted by atomic mass is 35.5. The summed E-state index contributed by atoms with van der Waals surface area (Å²) in [6.45, 7) is 1.84. The van der Waals surface area contributed by atoms with Crippen molar-refractivity contribution >= 4 is 28.6 Å². The van der Waals surface area contributed by atoms with Crippen LogP contribution in [0.5, 0.6) is 0 Å². The summed E-state index contributed by atoms with van der Waals surface area (Å²) in [7, 11) is 0. The first-order valence-electron chi connectivity index (χ1n) is 7.99. The van der Waals surface area contributed by atoms with Crippen molar-refractivity contribution in [2.24, 2.45) is 0 Å². The van der Waals surface area contributed by atoms with E-state index in [2.05, 4.69) is 43.7 Å². The van der Waals surface area contributed by atoms with Crippen LogP contribution in [0.15, 0.2) is 36.7 Å². The molecule has 1 saturated heterocycles. The molecule has 0 atom stereocenters. The van der Waals surface area contributed by atoms with Gasteiger partial charge in [0.1, 0.15) is 5.82 Å². The lowest BCUT2D eigenvalue weighted by molar-refractivity contribution is 0.392. The molecule has 3 heterocycles. The van der Waals surface area contributed by atoms with E-state index >= 15 is 0 Å². The largest absolute Gasteiger partial charge is 0.337 e. The van der Waals surface area contributed by atoms with Crippen LogP contribution >= 0.6 is 11.6 Å². The van der Waals surface area contributed by atoms with Crippen molar-refractivity contribution in [1.29, 1.82) is 0 Å². The van der Waals surface area contributed by atoms with Crippen molar-refractivity contribution in [3.05, 3.63) is 47.5 Å². The van der Waals surface area contributed by atoms with E-state index < -0.39 is 0 Å². The van der Waals surface area contributed by atoms with E-state index in [0.29, 0.717) is 17.0 Å². The van der Waals surface area contributed by atoms with Crippen LogP contribution in [0, 0.1) is 0 Å². The molecule has 0 bridgehead atoms. The van der Waals surface area contributed by atoms with E-state index in [4.69, 9.17) is 16.6 Å². The third-order valence-corrected chi connectivity index (χ3v) is 4.88. The molecule has 1 aromatic carbocycles. The van der Waals surface area contributed by atoms with Gasteiger partial charge in [0.15, 0.2) is 0 Å². The summed E-state index contributed by atoms with van der Waals surface area (Å²) >= 11 is 5.86. The van der Waals surface area contributed by atoms with Gasteiger partial charge in [0, 0.05) is 19.0 Å². The van der Waals surface area contributed by atoms with Crippen molar-refractivity contribution < 1.29 is 0 Å². The average Bonchev–Trinajstić information content (AvgIpc) is 3.30. The number of benzene rings is 1. The topological polar surface area (TPSA) is 46.8 Å². The molecule has 1 saturated carbocycles. The average molecular weight is 326 g/mol. The first-order chi connectivity index (χ1) is 11.3. The molecule has 0 spiro atoms. The predicted octanol–water partition coefficient (Wildman–Crippen LogP) is 3.42. The molecule has 1 aliphatic carbocycles. The molecule has 1 aliphatic heterocycles. The van der Waals surface area contributed by atoms with Crippen LogP contribution in [0.3, 0.4) is 0 Å². The highest BCUT2D eigenvalue weighted by molar-refractivity contribution is 6.30. The Bertz CT molecular complexity index is 862. The molecule has 0 amide bonds. The quantitative estimate of drug-likeness (QED) is 0.740. The second-order valence-electron chi connectivity index (χ2n) is 6.36. The Morgan fingerprint density at radius 2 is 1.78 bits per heavy atom. The van der Waals surface area contributed by atoms with Gasteiger partial charge in [-0.05, 0) is 25.0 Å². The lowest BCUT2D eigenvalue weighted by atomic mass is 10.1. The van der Waals surface area contributed by atoms with Gasteiger partial charge in [-0.2, -0.15) is 0 Å². The molecule has 23 heavy (non-hydrogen) atoms. The van der Waals surface area contributed by atoms with Gasteiger partial charge in [0.05, 0.1) is 34.5 Å². The van der Waals surface area contributed by atoms with Crippen LogP contribution in [-0.4, -0.2) is 32.6 Å². The second kappa shape index (κ2) is 4.93. The zero-order valence-corrected chi connectivity index (χ0v) is 13.3. The molecule has 5 rings (SSSR count). The number of para-hydroxylation sites is 2. The maximum Gasteiger partial charge on any atom is 0.225 e. The van der Waals surface area contributed by atoms with E-state index in [1.807, 2.05) is 0 Å². The number of imidazole rings is 1. The van der Waals surface area contributed by atoms with Crippen molar-refractivity contribution in [2.45, 2.75) is 24.8 Å². The zero-order chi connectivity index (χ0) is 15.4. The molecule has 3 aromatic rings. The number of halogens is 1. The van der Waals surface area contributed by atoms with Gasteiger partial charge < -0.3 is 9.47 Å². The number of hydrogen-bond donors (Lipinski definition) is 0. The summed E-state index contributed by atoms with van der Waals surface area (Å²) in [6.07, 6.45) is 5.83. The summed E-state index contributed by atoms with van der Waals surface area (Å²) in [5.74, 6) is 2.65. The molecule has 2 aromatic heterocycles. The van der Waals surface area contributed by atoms with E-state index in [-0.39, 0.29) is 0 Å². The van der Waals surface area contributed by atoms with Gasteiger partial charge >= 0.3 is 0 Å². The Balaban J connectivity index is 1.46. The van der Waals surface area contributed by atoms with Gasteiger partial charge in [0.25, 0.3) is 0 Å². The van der Waals surface area contributed by atoms with Gasteiger partial charge in [-0.25, -0.2) is 15.0 Å². The number of nitrogens with zero attached hydrogens (tertiary/aromatic N) is 5. The lowest BCUT2D eigenvalue weighted by Crippen LogP contribution is -2.49. The fourth-order valence-corrected chi connectivity index (χ4v) is 3.42. The first kappa shape index (κ1) is 13.3. The minimum Gasteiger partial charge on any atom is -0.337 e. The highest BCUT2D eigenvalue weighted by Crippen LogP contribution is 2.43. The molecule has 0 radical (unpaired) electrons. The number of hydrogen-bond acceptors (Lipinski definition) is 4. The highest BCUT2D eigenvalue weighted by Gasteiger charge is 2.36. The Morgan fingerprint density at radius 3 is 2.52 bits per heavy atom. The minimum absolute atomic E-state index is 0.442. The second-order valence-corrected chi connectivity index (χ2v) is 6.80. The summed E-state index contributed by atoms with van der Waals surface area (Å²) in [6, 6.07) is 8.88. The Morgan fingerprint density at radius 1 is 1.04 bits per heavy atom. The Labute approximate surface area is 138 Å². The molecular weight excluding hydrogens is 310 g/mol. The molecule has 116 valence electrons. The third kappa shape index (κ3) is 2.18. The first-order valence-corrected chi connectivity index (χ1v) is 8.37. The number of aromatic nitrogens is 4. The summed E-state index contributed by atoms with van der Waals surface area (Å²) in [5.41, 5.74) is 2.35. The molecule has 0 unspecified atom stereocenters. The molecule has 0 N–H and O–H groups in total. The SMILES string of the molecule is Clc1cnc(N2CC(n3c(C4CC4)nc4ccccc43)C2)nc1. The van der Waals surface area contributed by atoms with Crippen LogP contribution in [0.1, 0.15) is 30.6 Å². The smallest absolute Gasteiger partial charge is 0.225 e.